The molecular weight excluding hydrogens is 390 g/mol. The molecule has 1 N–H and O–H groups in total. The van der Waals surface area contributed by atoms with Crippen molar-refractivity contribution in [3.05, 3.63) is 0 Å². The van der Waals surface area contributed by atoms with E-state index < -0.39 is 35.9 Å². The van der Waals surface area contributed by atoms with Crippen molar-refractivity contribution in [3.8, 4) is 0 Å². The summed E-state index contributed by atoms with van der Waals surface area (Å²) < 4.78 is 22.4. The van der Waals surface area contributed by atoms with Gasteiger partial charge in [-0.05, 0) is 52.9 Å². The zero-order valence-electron chi connectivity index (χ0n) is 19.1. The van der Waals surface area contributed by atoms with Crippen LogP contribution < -0.4 is 5.32 Å². The van der Waals surface area contributed by atoms with Crippen molar-refractivity contribution >= 4 is 18.0 Å². The molecule has 8 nitrogen and oxygen atoms in total. The topological polar surface area (TPSA) is 100 Å². The van der Waals surface area contributed by atoms with Gasteiger partial charge in [0.1, 0.15) is 17.8 Å². The molecule has 0 aromatic carbocycles. The van der Waals surface area contributed by atoms with Gasteiger partial charge < -0.3 is 24.3 Å². The van der Waals surface area contributed by atoms with Gasteiger partial charge in [0.25, 0.3) is 0 Å². The van der Waals surface area contributed by atoms with Crippen LogP contribution in [-0.4, -0.2) is 55.1 Å². The Kier molecular flexibility index (Phi) is 8.52. The molecule has 30 heavy (non-hydrogen) atoms. The molecule has 0 aromatic rings. The fraction of sp³-hybridized carbons (Fsp3) is 0.864. The number of hydrogen-bond acceptors (Lipinski definition) is 7. The van der Waals surface area contributed by atoms with Crippen LogP contribution in [0.2, 0.25) is 0 Å². The second-order valence-electron chi connectivity index (χ2n) is 9.76. The summed E-state index contributed by atoms with van der Waals surface area (Å²) in [4.78, 5) is 37.1. The van der Waals surface area contributed by atoms with Crippen LogP contribution in [0.25, 0.3) is 0 Å². The number of amides is 1. The van der Waals surface area contributed by atoms with E-state index in [0.717, 1.165) is 25.7 Å². The minimum atomic E-state index is -0.995. The first-order chi connectivity index (χ1) is 14.0. The number of carbonyl (C=O) groups excluding carboxylic acids is 3. The highest BCUT2D eigenvalue weighted by Gasteiger charge is 2.39. The van der Waals surface area contributed by atoms with E-state index >= 15 is 0 Å². The molecule has 0 bridgehead atoms. The number of carbonyl (C=O) groups is 3. The molecule has 2 fully saturated rings. The minimum Gasteiger partial charge on any atom is -0.461 e. The number of rotatable bonds is 6. The highest BCUT2D eigenvalue weighted by atomic mass is 16.6. The van der Waals surface area contributed by atoms with Crippen molar-refractivity contribution in [1.29, 1.82) is 0 Å². The summed E-state index contributed by atoms with van der Waals surface area (Å²) in [7, 11) is 0. The summed E-state index contributed by atoms with van der Waals surface area (Å²) in [5.74, 6) is -0.540. The summed E-state index contributed by atoms with van der Waals surface area (Å²) in [6, 6.07) is -0.995. The Morgan fingerprint density at radius 1 is 1.20 bits per heavy atom. The zero-order chi connectivity index (χ0) is 22.5. The van der Waals surface area contributed by atoms with Gasteiger partial charge in [0.05, 0.1) is 19.1 Å². The lowest BCUT2D eigenvalue weighted by atomic mass is 9.89. The molecule has 1 aliphatic heterocycles. The Labute approximate surface area is 179 Å². The maximum atomic E-state index is 12.7. The molecule has 172 valence electrons. The summed E-state index contributed by atoms with van der Waals surface area (Å²) in [6.07, 6.45) is 1.66. The second-order valence-corrected chi connectivity index (χ2v) is 9.76. The van der Waals surface area contributed by atoms with Crippen LogP contribution in [0.5, 0.6) is 0 Å². The monoisotopic (exact) mass is 427 g/mol. The van der Waals surface area contributed by atoms with Crippen molar-refractivity contribution in [3.63, 3.8) is 0 Å². The van der Waals surface area contributed by atoms with E-state index in [9.17, 15) is 14.4 Å². The SMILES string of the molecule is CC(C)CCC1C(C)OC(=O)C(NC(=O)OC(C)(C)C)COCC1OC(=O)C1CC1. The van der Waals surface area contributed by atoms with E-state index in [1.165, 1.54) is 0 Å². The first kappa shape index (κ1) is 24.4. The molecule has 1 amide bonds. The van der Waals surface area contributed by atoms with Crippen molar-refractivity contribution in [1.82, 2.24) is 5.32 Å². The molecule has 0 radical (unpaired) electrons. The van der Waals surface area contributed by atoms with Crippen LogP contribution in [-0.2, 0) is 28.5 Å². The molecule has 1 saturated carbocycles. The second kappa shape index (κ2) is 10.5. The highest BCUT2D eigenvalue weighted by molar-refractivity contribution is 5.81. The van der Waals surface area contributed by atoms with Gasteiger partial charge in [-0.2, -0.15) is 0 Å². The molecule has 2 aliphatic rings. The van der Waals surface area contributed by atoms with Crippen LogP contribution >= 0.6 is 0 Å². The molecule has 1 saturated heterocycles. The summed E-state index contributed by atoms with van der Waals surface area (Å²) >= 11 is 0. The maximum absolute atomic E-state index is 12.7. The molecule has 1 heterocycles. The van der Waals surface area contributed by atoms with Crippen LogP contribution in [0, 0.1) is 17.8 Å². The lowest BCUT2D eigenvalue weighted by molar-refractivity contribution is -0.163. The van der Waals surface area contributed by atoms with Gasteiger partial charge in [-0.3, -0.25) is 4.79 Å². The molecular formula is C22H37NO7. The predicted octanol–water partition coefficient (Wildman–Crippen LogP) is 3.22. The third-order valence-corrected chi connectivity index (χ3v) is 5.18. The van der Waals surface area contributed by atoms with E-state index in [1.54, 1.807) is 27.7 Å². The Morgan fingerprint density at radius 3 is 2.43 bits per heavy atom. The van der Waals surface area contributed by atoms with Crippen LogP contribution in [0.1, 0.15) is 67.2 Å². The molecule has 0 spiro atoms. The Morgan fingerprint density at radius 2 is 1.87 bits per heavy atom. The minimum absolute atomic E-state index is 0.0252. The number of esters is 2. The lowest BCUT2D eigenvalue weighted by Crippen LogP contribution is -2.47. The molecule has 0 aromatic heterocycles. The Hall–Kier alpha value is -1.83. The average molecular weight is 428 g/mol. The first-order valence-corrected chi connectivity index (χ1v) is 10.9. The smallest absolute Gasteiger partial charge is 0.408 e. The van der Waals surface area contributed by atoms with E-state index in [4.69, 9.17) is 18.9 Å². The third-order valence-electron chi connectivity index (χ3n) is 5.18. The Bertz CT molecular complexity index is 609. The zero-order valence-corrected chi connectivity index (χ0v) is 19.1. The molecule has 2 rings (SSSR count). The van der Waals surface area contributed by atoms with E-state index in [-0.39, 0.29) is 31.0 Å². The van der Waals surface area contributed by atoms with Crippen LogP contribution in [0.3, 0.4) is 0 Å². The number of alkyl carbamates (subject to hydrolysis) is 1. The highest BCUT2D eigenvalue weighted by Crippen LogP contribution is 2.33. The van der Waals surface area contributed by atoms with Gasteiger partial charge in [-0.25, -0.2) is 9.59 Å². The van der Waals surface area contributed by atoms with Crippen LogP contribution in [0.4, 0.5) is 4.79 Å². The standard InChI is InChI=1S/C22H37NO7/c1-13(2)7-10-16-14(3)28-20(25)17(23-21(26)30-22(4,5)6)11-27-12-18(16)29-19(24)15-8-9-15/h13-18H,7-12H2,1-6H3,(H,23,26). The quantitative estimate of drug-likeness (QED) is 0.513. The third kappa shape index (κ3) is 8.13. The summed E-state index contributed by atoms with van der Waals surface area (Å²) in [5, 5.41) is 2.52. The summed E-state index contributed by atoms with van der Waals surface area (Å²) in [6.45, 7) is 11.3. The van der Waals surface area contributed by atoms with E-state index in [1.807, 2.05) is 0 Å². The van der Waals surface area contributed by atoms with Gasteiger partial charge in [-0.1, -0.05) is 20.3 Å². The van der Waals surface area contributed by atoms with Gasteiger partial charge in [0, 0.05) is 5.92 Å². The van der Waals surface area contributed by atoms with Gasteiger partial charge in [-0.15, -0.1) is 0 Å². The fourth-order valence-electron chi connectivity index (χ4n) is 3.33. The maximum Gasteiger partial charge on any atom is 0.408 e. The lowest BCUT2D eigenvalue weighted by Gasteiger charge is -2.31. The number of ether oxygens (including phenoxy) is 4. The molecule has 4 atom stereocenters. The number of nitrogens with one attached hydrogen (secondary N) is 1. The largest absolute Gasteiger partial charge is 0.461 e. The van der Waals surface area contributed by atoms with Crippen molar-refractivity contribution in [2.75, 3.05) is 13.2 Å². The number of hydrogen-bond donors (Lipinski definition) is 1. The first-order valence-electron chi connectivity index (χ1n) is 10.9. The van der Waals surface area contributed by atoms with Crippen molar-refractivity contribution < 1.29 is 33.3 Å². The van der Waals surface area contributed by atoms with Gasteiger partial charge in [0.15, 0.2) is 6.04 Å². The Balaban J connectivity index is 2.09. The van der Waals surface area contributed by atoms with Gasteiger partial charge >= 0.3 is 18.0 Å². The van der Waals surface area contributed by atoms with Crippen molar-refractivity contribution in [2.45, 2.75) is 91.1 Å². The fourth-order valence-corrected chi connectivity index (χ4v) is 3.33. The normalized spacial score (nSPS) is 28.0. The van der Waals surface area contributed by atoms with Crippen molar-refractivity contribution in [2.24, 2.45) is 17.8 Å². The molecule has 8 heteroatoms. The number of cyclic esters (lactones) is 1. The summed E-state index contributed by atoms with van der Waals surface area (Å²) in [5.41, 5.74) is -0.690. The van der Waals surface area contributed by atoms with E-state index in [0.29, 0.717) is 5.92 Å². The predicted molar refractivity (Wildman–Crippen MR) is 110 cm³/mol. The average Bonchev–Trinajstić information content (AvgIpc) is 3.42. The van der Waals surface area contributed by atoms with Crippen LogP contribution in [0.15, 0.2) is 0 Å². The molecule has 4 unspecified atom stereocenters. The van der Waals surface area contributed by atoms with Gasteiger partial charge in [0.2, 0.25) is 0 Å². The van der Waals surface area contributed by atoms with E-state index in [2.05, 4.69) is 19.2 Å². The molecule has 1 aliphatic carbocycles.